The first kappa shape index (κ1) is 15.2. The first-order valence-electron chi connectivity index (χ1n) is 5.41. The predicted molar refractivity (Wildman–Crippen MR) is 87.6 cm³/mol. The molecule has 0 aromatic carbocycles. The van der Waals surface area contributed by atoms with Crippen molar-refractivity contribution < 1.29 is 0 Å². The molecular formula is C9H18S6. The van der Waals surface area contributed by atoms with Gasteiger partial charge in [0.05, 0.1) is 0 Å². The minimum absolute atomic E-state index is 1.33. The van der Waals surface area contributed by atoms with Gasteiger partial charge in [-0.2, -0.15) is 0 Å². The molecule has 0 nitrogen and oxygen atoms in total. The summed E-state index contributed by atoms with van der Waals surface area (Å²) >= 11 is 0. The Labute approximate surface area is 116 Å². The standard InChI is InChI=1S/C9H18S6/c1-2-4-6-8-10-12-14-15-13-11-9-7-5-3-1/h1-9H2. The summed E-state index contributed by atoms with van der Waals surface area (Å²) < 4.78 is 0. The van der Waals surface area contributed by atoms with Crippen LogP contribution in [0.5, 0.6) is 0 Å². The van der Waals surface area contributed by atoms with Gasteiger partial charge >= 0.3 is 0 Å². The van der Waals surface area contributed by atoms with Crippen LogP contribution in [0.15, 0.2) is 0 Å². The maximum Gasteiger partial charge on any atom is 0.00454 e. The van der Waals surface area contributed by atoms with Crippen molar-refractivity contribution in [2.45, 2.75) is 44.9 Å². The summed E-state index contributed by atoms with van der Waals surface area (Å²) in [5, 5.41) is 0. The normalized spacial score (nSPS) is 24.0. The fourth-order valence-electron chi connectivity index (χ4n) is 1.34. The molecule has 1 rings (SSSR count). The van der Waals surface area contributed by atoms with Gasteiger partial charge in [-0.1, -0.05) is 53.7 Å². The Balaban J connectivity index is 2.01. The number of hydrogen-bond acceptors (Lipinski definition) is 6. The van der Waals surface area contributed by atoms with Gasteiger partial charge in [-0.25, -0.2) is 0 Å². The van der Waals surface area contributed by atoms with Crippen molar-refractivity contribution in [1.82, 2.24) is 0 Å². The van der Waals surface area contributed by atoms with Crippen LogP contribution in [-0.2, 0) is 0 Å². The largest absolute Gasteiger partial charge is 0.0817 e. The van der Waals surface area contributed by atoms with E-state index in [-0.39, 0.29) is 0 Å². The van der Waals surface area contributed by atoms with Crippen molar-refractivity contribution in [2.24, 2.45) is 0 Å². The summed E-state index contributed by atoms with van der Waals surface area (Å²) in [5.41, 5.74) is 0. The van der Waals surface area contributed by atoms with E-state index in [2.05, 4.69) is 0 Å². The molecule has 0 aromatic heterocycles. The quantitative estimate of drug-likeness (QED) is 0.452. The van der Waals surface area contributed by atoms with Gasteiger partial charge in [-0.3, -0.25) is 0 Å². The van der Waals surface area contributed by atoms with Crippen molar-refractivity contribution in [3.8, 4) is 0 Å². The molecule has 15 heavy (non-hydrogen) atoms. The summed E-state index contributed by atoms with van der Waals surface area (Å²) in [6, 6.07) is 0. The zero-order valence-corrected chi connectivity index (χ0v) is 13.7. The molecule has 0 aromatic rings. The molecule has 1 aliphatic heterocycles. The smallest absolute Gasteiger partial charge is 0.00454 e. The van der Waals surface area contributed by atoms with Gasteiger partial charge in [0, 0.05) is 11.5 Å². The molecule has 0 amide bonds. The van der Waals surface area contributed by atoms with Crippen LogP contribution >= 0.6 is 60.9 Å². The third-order valence-electron chi connectivity index (χ3n) is 2.13. The molecule has 1 saturated heterocycles. The summed E-state index contributed by atoms with van der Waals surface area (Å²) in [6.07, 6.45) is 10.1. The molecule has 0 radical (unpaired) electrons. The van der Waals surface area contributed by atoms with Crippen LogP contribution in [0.1, 0.15) is 44.9 Å². The highest BCUT2D eigenvalue weighted by molar-refractivity contribution is 9.41. The zero-order chi connectivity index (χ0) is 10.6. The van der Waals surface area contributed by atoms with Crippen LogP contribution in [0.25, 0.3) is 0 Å². The molecule has 1 fully saturated rings. The van der Waals surface area contributed by atoms with Gasteiger partial charge in [-0.15, -0.1) is 0 Å². The lowest BCUT2D eigenvalue weighted by Crippen LogP contribution is -1.83. The summed E-state index contributed by atoms with van der Waals surface area (Å²) in [4.78, 5) is 0. The van der Waals surface area contributed by atoms with Crippen molar-refractivity contribution in [1.29, 1.82) is 0 Å². The average Bonchev–Trinajstić information content (AvgIpc) is 2.27. The van der Waals surface area contributed by atoms with E-state index in [0.29, 0.717) is 0 Å². The van der Waals surface area contributed by atoms with E-state index in [4.69, 9.17) is 0 Å². The number of hydrogen-bond donors (Lipinski definition) is 0. The van der Waals surface area contributed by atoms with Crippen LogP contribution in [0.3, 0.4) is 0 Å². The van der Waals surface area contributed by atoms with Crippen molar-refractivity contribution in [3.63, 3.8) is 0 Å². The summed E-state index contributed by atoms with van der Waals surface area (Å²) in [6.45, 7) is 0. The Morgan fingerprint density at radius 1 is 0.400 bits per heavy atom. The third-order valence-corrected chi connectivity index (χ3v) is 13.2. The summed E-state index contributed by atoms with van der Waals surface area (Å²) in [5.74, 6) is 2.66. The molecule has 1 heterocycles. The molecule has 1 aliphatic rings. The van der Waals surface area contributed by atoms with E-state index >= 15 is 0 Å². The Hall–Kier alpha value is 2.10. The molecule has 6 heteroatoms. The highest BCUT2D eigenvalue weighted by Crippen LogP contribution is 2.52. The second-order valence-corrected chi connectivity index (χ2v) is 13.2. The van der Waals surface area contributed by atoms with Gasteiger partial charge < -0.3 is 0 Å². The van der Waals surface area contributed by atoms with E-state index < -0.39 is 0 Å². The lowest BCUT2D eigenvalue weighted by Gasteiger charge is -2.00. The van der Waals surface area contributed by atoms with Gasteiger partial charge in [0.1, 0.15) is 0 Å². The lowest BCUT2D eigenvalue weighted by atomic mass is 10.1. The van der Waals surface area contributed by atoms with Gasteiger partial charge in [0.2, 0.25) is 0 Å². The molecular weight excluding hydrogens is 301 g/mol. The Kier molecular flexibility index (Phi) is 12.7. The van der Waals surface area contributed by atoms with E-state index in [1.807, 2.05) is 60.9 Å². The molecule has 90 valence electrons. The van der Waals surface area contributed by atoms with Crippen molar-refractivity contribution in [2.75, 3.05) is 11.5 Å². The maximum atomic E-state index is 2.02. The van der Waals surface area contributed by atoms with E-state index in [0.717, 1.165) is 0 Å². The molecule has 0 saturated carbocycles. The molecule has 0 aliphatic carbocycles. The zero-order valence-electron chi connectivity index (χ0n) is 8.81. The SMILES string of the molecule is C1CCCCSSSSSSCCCC1. The highest BCUT2D eigenvalue weighted by Gasteiger charge is 1.98. The molecule has 0 unspecified atom stereocenters. The first-order valence-corrected chi connectivity index (χ1v) is 13.2. The van der Waals surface area contributed by atoms with Gasteiger partial charge in [0.25, 0.3) is 0 Å². The second-order valence-electron chi connectivity index (χ2n) is 3.39. The highest BCUT2D eigenvalue weighted by atomic mass is 33.9. The minimum Gasteiger partial charge on any atom is -0.0817 e. The topological polar surface area (TPSA) is 0 Å². The predicted octanol–water partition coefficient (Wildman–Crippen LogP) is 6.70. The molecule has 0 bridgehead atoms. The first-order chi connectivity index (χ1) is 7.50. The second kappa shape index (κ2) is 12.6. The van der Waals surface area contributed by atoms with Gasteiger partial charge in [0.15, 0.2) is 0 Å². The minimum atomic E-state index is 1.33. The van der Waals surface area contributed by atoms with Crippen LogP contribution in [0, 0.1) is 0 Å². The number of rotatable bonds is 0. The van der Waals surface area contributed by atoms with Gasteiger partial charge in [-0.05, 0) is 52.1 Å². The van der Waals surface area contributed by atoms with Crippen LogP contribution in [0.4, 0.5) is 0 Å². The molecule has 0 spiro atoms. The lowest BCUT2D eigenvalue weighted by molar-refractivity contribution is 0.606. The fraction of sp³-hybridized carbons (Fsp3) is 1.00. The fourth-order valence-corrected chi connectivity index (χ4v) is 13.1. The molecule has 0 N–H and O–H groups in total. The average molecular weight is 319 g/mol. The third kappa shape index (κ3) is 10.9. The summed E-state index contributed by atoms with van der Waals surface area (Å²) in [7, 11) is 11.8. The Bertz CT molecular complexity index is 73.2. The Morgan fingerprint density at radius 2 is 0.800 bits per heavy atom. The van der Waals surface area contributed by atoms with Crippen LogP contribution < -0.4 is 0 Å². The van der Waals surface area contributed by atoms with E-state index in [1.54, 1.807) is 0 Å². The van der Waals surface area contributed by atoms with E-state index in [9.17, 15) is 0 Å². The maximum absolute atomic E-state index is 2.02. The van der Waals surface area contributed by atoms with E-state index in [1.165, 1.54) is 56.5 Å². The monoisotopic (exact) mass is 318 g/mol. The van der Waals surface area contributed by atoms with Crippen LogP contribution in [0.2, 0.25) is 0 Å². The molecule has 0 atom stereocenters. The van der Waals surface area contributed by atoms with Crippen molar-refractivity contribution >= 4 is 60.9 Å². The Morgan fingerprint density at radius 3 is 1.27 bits per heavy atom. The van der Waals surface area contributed by atoms with Crippen LogP contribution in [-0.4, -0.2) is 11.5 Å². The van der Waals surface area contributed by atoms with Crippen molar-refractivity contribution in [3.05, 3.63) is 0 Å².